The normalized spacial score (nSPS) is 13.3. The highest BCUT2D eigenvalue weighted by Crippen LogP contribution is 2.01. The summed E-state index contributed by atoms with van der Waals surface area (Å²) in [5.41, 5.74) is 5.26. The molecule has 0 aromatic carbocycles. The quantitative estimate of drug-likeness (QED) is 0.608. The van der Waals surface area contributed by atoms with Gasteiger partial charge in [-0.05, 0) is 0 Å². The van der Waals surface area contributed by atoms with E-state index in [9.17, 15) is 16.8 Å². The van der Waals surface area contributed by atoms with Gasteiger partial charge in [-0.15, -0.1) is 0 Å². The number of hydrogen-bond acceptors (Lipinski definition) is 5. The van der Waals surface area contributed by atoms with E-state index in [0.29, 0.717) is 6.54 Å². The molecule has 0 unspecified atom stereocenters. The topological polar surface area (TPSA) is 97.5 Å². The number of nitrogens with zero attached hydrogens (tertiary/aromatic N) is 1. The summed E-state index contributed by atoms with van der Waals surface area (Å²) in [4.78, 5) is 0. The van der Waals surface area contributed by atoms with Crippen molar-refractivity contribution in [3.05, 3.63) is 0 Å². The number of sulfonamides is 1. The van der Waals surface area contributed by atoms with Crippen molar-refractivity contribution >= 4 is 19.9 Å². The second-order valence-electron chi connectivity index (χ2n) is 3.23. The predicted octanol–water partition coefficient (Wildman–Crippen LogP) is -1.36. The van der Waals surface area contributed by atoms with Gasteiger partial charge in [-0.1, -0.05) is 6.92 Å². The Hall–Kier alpha value is -0.180. The Kier molecular flexibility index (Phi) is 5.71. The van der Waals surface area contributed by atoms with Gasteiger partial charge in [0.25, 0.3) is 0 Å². The first-order valence-corrected chi connectivity index (χ1v) is 8.25. The van der Waals surface area contributed by atoms with Crippen LogP contribution < -0.4 is 5.73 Å². The van der Waals surface area contributed by atoms with Gasteiger partial charge in [0.2, 0.25) is 10.0 Å². The minimum absolute atomic E-state index is 0.225. The number of rotatable bonds is 7. The fourth-order valence-corrected chi connectivity index (χ4v) is 4.11. The van der Waals surface area contributed by atoms with E-state index in [-0.39, 0.29) is 24.6 Å². The summed E-state index contributed by atoms with van der Waals surface area (Å²) < 4.78 is 46.1. The number of hydrogen-bond donors (Lipinski definition) is 1. The fourth-order valence-electron chi connectivity index (χ4n) is 1.02. The first kappa shape index (κ1) is 14.8. The van der Waals surface area contributed by atoms with E-state index >= 15 is 0 Å². The van der Waals surface area contributed by atoms with Crippen LogP contribution >= 0.6 is 0 Å². The van der Waals surface area contributed by atoms with Gasteiger partial charge in [-0.25, -0.2) is 21.1 Å². The van der Waals surface area contributed by atoms with E-state index in [1.807, 2.05) is 0 Å². The van der Waals surface area contributed by atoms with Crippen LogP contribution in [-0.2, 0) is 19.9 Å². The highest BCUT2D eigenvalue weighted by atomic mass is 32.2. The molecule has 0 rings (SSSR count). The van der Waals surface area contributed by atoms with E-state index in [2.05, 4.69) is 0 Å². The lowest BCUT2D eigenvalue weighted by atomic mass is 10.6. The molecule has 0 fully saturated rings. The van der Waals surface area contributed by atoms with Gasteiger partial charge in [0.1, 0.15) is 9.84 Å². The van der Waals surface area contributed by atoms with E-state index in [4.69, 9.17) is 5.73 Å². The largest absolute Gasteiger partial charge is 0.329 e. The molecular weight excluding hydrogens is 240 g/mol. The molecular formula is C7H18N2O4S2. The second-order valence-corrected chi connectivity index (χ2v) is 7.57. The molecule has 6 nitrogen and oxygen atoms in total. The highest BCUT2D eigenvalue weighted by molar-refractivity contribution is 7.93. The van der Waals surface area contributed by atoms with Gasteiger partial charge >= 0.3 is 0 Å². The number of nitrogens with two attached hydrogens (primary N) is 1. The van der Waals surface area contributed by atoms with Crippen LogP contribution in [0.3, 0.4) is 0 Å². The zero-order valence-electron chi connectivity index (χ0n) is 9.01. The molecule has 0 aromatic rings. The van der Waals surface area contributed by atoms with Crippen molar-refractivity contribution in [2.24, 2.45) is 5.73 Å². The zero-order valence-corrected chi connectivity index (χ0v) is 10.6. The van der Waals surface area contributed by atoms with E-state index in [1.54, 1.807) is 6.92 Å². The molecule has 0 aliphatic heterocycles. The monoisotopic (exact) mass is 258 g/mol. The Labute approximate surface area is 91.4 Å². The van der Waals surface area contributed by atoms with E-state index < -0.39 is 19.9 Å². The van der Waals surface area contributed by atoms with Gasteiger partial charge in [0, 0.05) is 25.9 Å². The van der Waals surface area contributed by atoms with E-state index in [1.165, 1.54) is 4.31 Å². The molecule has 0 saturated carbocycles. The SMILES string of the molecule is CCN(CCN)S(=O)(=O)CCS(C)(=O)=O. The fraction of sp³-hybridized carbons (Fsp3) is 1.00. The molecule has 0 spiro atoms. The minimum Gasteiger partial charge on any atom is -0.329 e. The first-order chi connectivity index (χ1) is 6.73. The van der Waals surface area contributed by atoms with Crippen LogP contribution in [0.25, 0.3) is 0 Å². The lowest BCUT2D eigenvalue weighted by molar-refractivity contribution is 0.436. The summed E-state index contributed by atoms with van der Waals surface area (Å²) in [6.07, 6.45) is 1.02. The van der Waals surface area contributed by atoms with Crippen molar-refractivity contribution in [2.75, 3.05) is 37.4 Å². The van der Waals surface area contributed by atoms with Gasteiger partial charge in [0.15, 0.2) is 0 Å². The summed E-state index contributed by atoms with van der Waals surface area (Å²) in [7, 11) is -6.74. The van der Waals surface area contributed by atoms with Gasteiger partial charge < -0.3 is 5.73 Å². The van der Waals surface area contributed by atoms with Crippen LogP contribution in [0.4, 0.5) is 0 Å². The molecule has 0 radical (unpaired) electrons. The molecule has 0 amide bonds. The summed E-state index contributed by atoms with van der Waals surface area (Å²) in [5.74, 6) is -0.726. The molecule has 0 saturated heterocycles. The maximum Gasteiger partial charge on any atom is 0.215 e. The molecule has 0 bridgehead atoms. The molecule has 0 heterocycles. The Morgan fingerprint density at radius 1 is 1.13 bits per heavy atom. The predicted molar refractivity (Wildman–Crippen MR) is 59.8 cm³/mol. The van der Waals surface area contributed by atoms with Crippen molar-refractivity contribution < 1.29 is 16.8 Å². The third kappa shape index (κ3) is 6.08. The maximum absolute atomic E-state index is 11.6. The molecule has 0 aliphatic rings. The van der Waals surface area contributed by atoms with Crippen LogP contribution in [0.15, 0.2) is 0 Å². The third-order valence-electron chi connectivity index (χ3n) is 1.84. The molecule has 8 heteroatoms. The van der Waals surface area contributed by atoms with Crippen LogP contribution in [0.2, 0.25) is 0 Å². The standard InChI is InChI=1S/C7H18N2O4S2/c1-3-9(5-4-8)15(12,13)7-6-14(2,10)11/h3-8H2,1-2H3. The molecule has 92 valence electrons. The maximum atomic E-state index is 11.6. The Bertz CT molecular complexity index is 374. The molecule has 0 atom stereocenters. The Morgan fingerprint density at radius 3 is 2.00 bits per heavy atom. The average Bonchev–Trinajstić information content (AvgIpc) is 2.10. The number of likely N-dealkylation sites (N-methyl/N-ethyl adjacent to an activating group) is 1. The summed E-state index contributed by atoms with van der Waals surface area (Å²) in [5, 5.41) is 0. The third-order valence-corrected chi connectivity index (χ3v) is 4.99. The summed E-state index contributed by atoms with van der Waals surface area (Å²) in [6.45, 7) is 2.45. The van der Waals surface area contributed by atoms with Gasteiger partial charge in [-0.2, -0.15) is 0 Å². The van der Waals surface area contributed by atoms with Gasteiger partial charge in [0.05, 0.1) is 11.5 Å². The number of sulfone groups is 1. The van der Waals surface area contributed by atoms with Gasteiger partial charge in [-0.3, -0.25) is 0 Å². The van der Waals surface area contributed by atoms with Crippen molar-refractivity contribution in [2.45, 2.75) is 6.92 Å². The van der Waals surface area contributed by atoms with E-state index in [0.717, 1.165) is 6.26 Å². The van der Waals surface area contributed by atoms with Crippen LogP contribution in [0, 0.1) is 0 Å². The van der Waals surface area contributed by atoms with Crippen LogP contribution in [0.5, 0.6) is 0 Å². The van der Waals surface area contributed by atoms with Crippen molar-refractivity contribution in [3.8, 4) is 0 Å². The lowest BCUT2D eigenvalue weighted by Gasteiger charge is -2.19. The Balaban J connectivity index is 4.53. The van der Waals surface area contributed by atoms with Crippen molar-refractivity contribution in [1.29, 1.82) is 0 Å². The second kappa shape index (κ2) is 5.78. The average molecular weight is 258 g/mol. The molecule has 0 aromatic heterocycles. The van der Waals surface area contributed by atoms with Crippen LogP contribution in [-0.4, -0.2) is 58.5 Å². The van der Waals surface area contributed by atoms with Crippen LogP contribution in [0.1, 0.15) is 6.92 Å². The Morgan fingerprint density at radius 2 is 1.67 bits per heavy atom. The molecule has 0 aliphatic carbocycles. The minimum atomic E-state index is -3.49. The first-order valence-electron chi connectivity index (χ1n) is 4.58. The highest BCUT2D eigenvalue weighted by Gasteiger charge is 2.21. The summed E-state index contributed by atoms with van der Waals surface area (Å²) in [6, 6.07) is 0. The summed E-state index contributed by atoms with van der Waals surface area (Å²) >= 11 is 0. The zero-order chi connectivity index (χ0) is 12.1. The lowest BCUT2D eigenvalue weighted by Crippen LogP contribution is -2.38. The van der Waals surface area contributed by atoms with Crippen molar-refractivity contribution in [3.63, 3.8) is 0 Å². The van der Waals surface area contributed by atoms with Crippen molar-refractivity contribution in [1.82, 2.24) is 4.31 Å². The molecule has 15 heavy (non-hydrogen) atoms. The molecule has 2 N–H and O–H groups in total. The smallest absolute Gasteiger partial charge is 0.215 e.